The molecule has 1 aromatic carbocycles. The van der Waals surface area contributed by atoms with Gasteiger partial charge in [0, 0.05) is 18.8 Å². The summed E-state index contributed by atoms with van der Waals surface area (Å²) in [4.78, 5) is 0. The zero-order valence-corrected chi connectivity index (χ0v) is 12.6. The van der Waals surface area contributed by atoms with Crippen LogP contribution in [0.1, 0.15) is 17.7 Å². The fourth-order valence-electron chi connectivity index (χ4n) is 1.73. The van der Waals surface area contributed by atoms with Gasteiger partial charge < -0.3 is 4.74 Å². The van der Waals surface area contributed by atoms with E-state index >= 15 is 0 Å². The van der Waals surface area contributed by atoms with Gasteiger partial charge in [-0.25, -0.2) is 0 Å². The first-order valence-corrected chi connectivity index (χ1v) is 7.15. The summed E-state index contributed by atoms with van der Waals surface area (Å²) in [5.74, 6) is 0. The Morgan fingerprint density at radius 3 is 2.72 bits per heavy atom. The van der Waals surface area contributed by atoms with Gasteiger partial charge in [-0.2, -0.15) is 5.10 Å². The lowest BCUT2D eigenvalue weighted by atomic mass is 10.2. The molecule has 0 radical (unpaired) electrons. The third-order valence-corrected chi connectivity index (χ3v) is 3.87. The van der Waals surface area contributed by atoms with Crippen LogP contribution in [0.4, 0.5) is 0 Å². The molecule has 2 aromatic rings. The van der Waals surface area contributed by atoms with Crippen molar-refractivity contribution < 1.29 is 4.74 Å². The van der Waals surface area contributed by atoms with Crippen LogP contribution < -0.4 is 0 Å². The molecular weight excluding hydrogens is 339 g/mol. The summed E-state index contributed by atoms with van der Waals surface area (Å²) < 4.78 is 8.90. The largest absolute Gasteiger partial charge is 0.377 e. The van der Waals surface area contributed by atoms with Gasteiger partial charge in [0.25, 0.3) is 0 Å². The zero-order valence-electron chi connectivity index (χ0n) is 10.5. The van der Waals surface area contributed by atoms with E-state index in [0.29, 0.717) is 6.61 Å². The van der Waals surface area contributed by atoms with Gasteiger partial charge in [0.2, 0.25) is 0 Å². The van der Waals surface area contributed by atoms with Crippen LogP contribution in [0.5, 0.6) is 0 Å². The molecule has 3 nitrogen and oxygen atoms in total. The van der Waals surface area contributed by atoms with E-state index in [9.17, 15) is 0 Å². The van der Waals surface area contributed by atoms with Crippen molar-refractivity contribution in [3.63, 3.8) is 0 Å². The van der Waals surface area contributed by atoms with Crippen LogP contribution >= 0.6 is 22.6 Å². The zero-order chi connectivity index (χ0) is 12.8. The molecule has 1 heterocycles. The molecule has 96 valence electrons. The molecule has 0 aliphatic carbocycles. The van der Waals surface area contributed by atoms with E-state index in [0.717, 1.165) is 19.6 Å². The molecule has 2 rings (SSSR count). The number of rotatable bonds is 6. The van der Waals surface area contributed by atoms with Gasteiger partial charge in [0.05, 0.1) is 16.4 Å². The monoisotopic (exact) mass is 356 g/mol. The van der Waals surface area contributed by atoms with Gasteiger partial charge in [-0.3, -0.25) is 4.68 Å². The van der Waals surface area contributed by atoms with E-state index in [1.54, 1.807) is 0 Å². The summed E-state index contributed by atoms with van der Waals surface area (Å²) >= 11 is 2.31. The summed E-state index contributed by atoms with van der Waals surface area (Å²) in [6.07, 6.45) is 2.89. The first-order chi connectivity index (χ1) is 8.77. The van der Waals surface area contributed by atoms with Gasteiger partial charge in [0.1, 0.15) is 0 Å². The van der Waals surface area contributed by atoms with Crippen molar-refractivity contribution in [2.24, 2.45) is 0 Å². The predicted molar refractivity (Wildman–Crippen MR) is 80.4 cm³/mol. The minimum absolute atomic E-state index is 0.691. The molecule has 0 saturated carbocycles. The van der Waals surface area contributed by atoms with Gasteiger partial charge >= 0.3 is 0 Å². The maximum Gasteiger partial charge on any atom is 0.0716 e. The van der Waals surface area contributed by atoms with Crippen molar-refractivity contribution in [2.45, 2.75) is 26.5 Å². The average molecular weight is 356 g/mol. The fraction of sp³-hybridized carbons (Fsp3) is 0.357. The predicted octanol–water partition coefficient (Wildman–Crippen LogP) is 3.40. The molecule has 0 atom stereocenters. The summed E-state index contributed by atoms with van der Waals surface area (Å²) in [6.45, 7) is 4.48. The minimum atomic E-state index is 0.691. The Hall–Kier alpha value is -0.880. The first-order valence-electron chi connectivity index (χ1n) is 6.07. The van der Waals surface area contributed by atoms with Gasteiger partial charge in [-0.15, -0.1) is 0 Å². The lowest BCUT2D eigenvalue weighted by Gasteiger charge is -2.06. The van der Waals surface area contributed by atoms with Crippen LogP contribution in [0.15, 0.2) is 36.5 Å². The van der Waals surface area contributed by atoms with Crippen molar-refractivity contribution in [1.29, 1.82) is 0 Å². The quantitative estimate of drug-likeness (QED) is 0.586. The van der Waals surface area contributed by atoms with Crippen LogP contribution in [-0.4, -0.2) is 16.4 Å². The van der Waals surface area contributed by atoms with E-state index in [4.69, 9.17) is 4.74 Å². The Morgan fingerprint density at radius 1 is 1.28 bits per heavy atom. The maximum atomic E-state index is 5.65. The van der Waals surface area contributed by atoms with Crippen molar-refractivity contribution >= 4 is 22.6 Å². The van der Waals surface area contributed by atoms with Crippen LogP contribution in [0.3, 0.4) is 0 Å². The molecule has 0 amide bonds. The normalized spacial score (nSPS) is 10.8. The smallest absolute Gasteiger partial charge is 0.0716 e. The van der Waals surface area contributed by atoms with Crippen molar-refractivity contribution in [3.8, 4) is 0 Å². The SMILES string of the molecule is Cc1c(I)cnn1CCCOCc1ccccc1. The summed E-state index contributed by atoms with van der Waals surface area (Å²) in [7, 11) is 0. The Bertz CT molecular complexity index is 482. The number of halogens is 1. The van der Waals surface area contributed by atoms with E-state index in [1.165, 1.54) is 14.8 Å². The fourth-order valence-corrected chi connectivity index (χ4v) is 2.13. The van der Waals surface area contributed by atoms with Crippen LogP contribution in [-0.2, 0) is 17.9 Å². The number of ether oxygens (including phenoxy) is 1. The summed E-state index contributed by atoms with van der Waals surface area (Å²) in [6, 6.07) is 10.3. The second-order valence-electron chi connectivity index (χ2n) is 4.19. The van der Waals surface area contributed by atoms with E-state index in [2.05, 4.69) is 46.7 Å². The number of hydrogen-bond donors (Lipinski definition) is 0. The summed E-state index contributed by atoms with van der Waals surface area (Å²) in [5, 5.41) is 4.32. The first kappa shape index (κ1) is 13.5. The molecule has 0 saturated heterocycles. The number of nitrogens with zero attached hydrogens (tertiary/aromatic N) is 2. The molecular formula is C14H17IN2O. The van der Waals surface area contributed by atoms with Crippen LogP contribution in [0.25, 0.3) is 0 Å². The highest BCUT2D eigenvalue weighted by molar-refractivity contribution is 14.1. The van der Waals surface area contributed by atoms with Crippen molar-refractivity contribution in [2.75, 3.05) is 6.61 Å². The van der Waals surface area contributed by atoms with Gasteiger partial charge in [-0.05, 0) is 41.5 Å². The second kappa shape index (κ2) is 6.89. The molecule has 18 heavy (non-hydrogen) atoms. The van der Waals surface area contributed by atoms with Crippen molar-refractivity contribution in [1.82, 2.24) is 9.78 Å². The Morgan fingerprint density at radius 2 is 2.06 bits per heavy atom. The summed E-state index contributed by atoms with van der Waals surface area (Å²) in [5.41, 5.74) is 2.46. The minimum Gasteiger partial charge on any atom is -0.377 e. The maximum absolute atomic E-state index is 5.65. The molecule has 0 spiro atoms. The number of aryl methyl sites for hydroxylation is 1. The number of benzene rings is 1. The number of hydrogen-bond acceptors (Lipinski definition) is 2. The second-order valence-corrected chi connectivity index (χ2v) is 5.35. The highest BCUT2D eigenvalue weighted by Gasteiger charge is 2.02. The molecule has 0 fully saturated rings. The van der Waals surface area contributed by atoms with E-state index in [1.807, 2.05) is 29.1 Å². The average Bonchev–Trinajstić information content (AvgIpc) is 2.71. The van der Waals surface area contributed by atoms with Gasteiger partial charge in [0.15, 0.2) is 0 Å². The van der Waals surface area contributed by atoms with Crippen molar-refractivity contribution in [3.05, 3.63) is 51.4 Å². The molecule has 0 unspecified atom stereocenters. The van der Waals surface area contributed by atoms with Crippen LogP contribution in [0, 0.1) is 10.5 Å². The third-order valence-electron chi connectivity index (χ3n) is 2.81. The topological polar surface area (TPSA) is 27.1 Å². The standard InChI is InChI=1S/C14H17IN2O/c1-12-14(15)10-16-17(12)8-5-9-18-11-13-6-3-2-4-7-13/h2-4,6-7,10H,5,8-9,11H2,1H3. The Kier molecular flexibility index (Phi) is 5.19. The molecule has 0 bridgehead atoms. The lowest BCUT2D eigenvalue weighted by Crippen LogP contribution is -2.06. The van der Waals surface area contributed by atoms with Gasteiger partial charge in [-0.1, -0.05) is 30.3 Å². The molecule has 0 N–H and O–H groups in total. The molecule has 4 heteroatoms. The molecule has 0 aliphatic heterocycles. The highest BCUT2D eigenvalue weighted by atomic mass is 127. The van der Waals surface area contributed by atoms with E-state index < -0.39 is 0 Å². The lowest BCUT2D eigenvalue weighted by molar-refractivity contribution is 0.115. The third kappa shape index (κ3) is 3.81. The Balaban J connectivity index is 1.66. The molecule has 1 aromatic heterocycles. The number of aromatic nitrogens is 2. The Labute approximate surface area is 121 Å². The highest BCUT2D eigenvalue weighted by Crippen LogP contribution is 2.10. The van der Waals surface area contributed by atoms with E-state index in [-0.39, 0.29) is 0 Å². The molecule has 0 aliphatic rings. The van der Waals surface area contributed by atoms with Crippen LogP contribution in [0.2, 0.25) is 0 Å².